The van der Waals surface area contributed by atoms with E-state index in [4.69, 9.17) is 11.5 Å². The molecule has 0 bridgehead atoms. The maximum absolute atomic E-state index is 5.50. The Bertz CT molecular complexity index is 506. The van der Waals surface area contributed by atoms with Crippen LogP contribution in [-0.2, 0) is 0 Å². The number of nitrogens with zero attached hydrogens (tertiary/aromatic N) is 5. The maximum atomic E-state index is 5.50. The molecule has 1 aromatic heterocycles. The first-order valence-electron chi connectivity index (χ1n) is 5.43. The van der Waals surface area contributed by atoms with Crippen LogP contribution < -0.4 is 11.5 Å². The molecule has 4 N–H and O–H groups in total. The highest BCUT2D eigenvalue weighted by molar-refractivity contribution is 8.13. The first-order valence-corrected chi connectivity index (χ1v) is 7.88. The predicted molar refractivity (Wildman–Crippen MR) is 89.7 cm³/mol. The Hall–Kier alpha value is -1.87. The summed E-state index contributed by atoms with van der Waals surface area (Å²) in [6.45, 7) is 0. The predicted octanol–water partition coefficient (Wildman–Crippen LogP) is 1.10. The third-order valence-electron chi connectivity index (χ3n) is 1.90. The molecule has 1 heterocycles. The van der Waals surface area contributed by atoms with Crippen molar-refractivity contribution in [1.82, 2.24) is 4.98 Å². The Morgan fingerprint density at radius 2 is 1.45 bits per heavy atom. The highest BCUT2D eigenvalue weighted by Crippen LogP contribution is 1.97. The molecule has 0 aromatic carbocycles. The van der Waals surface area contributed by atoms with E-state index < -0.39 is 0 Å². The minimum absolute atomic E-state index is 0.390. The topological polar surface area (TPSA) is 114 Å². The maximum Gasteiger partial charge on any atom is 0.180 e. The molecule has 106 valence electrons. The van der Waals surface area contributed by atoms with Gasteiger partial charge in [-0.05, 0) is 24.6 Å². The second-order valence-electron chi connectivity index (χ2n) is 3.26. The van der Waals surface area contributed by atoms with Crippen molar-refractivity contribution >= 4 is 46.3 Å². The van der Waals surface area contributed by atoms with E-state index in [-0.39, 0.29) is 0 Å². The first-order chi connectivity index (χ1) is 9.65. The molecule has 20 heavy (non-hydrogen) atoms. The number of pyridine rings is 1. The normalized spacial score (nSPS) is 13.5. The fraction of sp³-hybridized carbons (Fsp3) is 0.182. The summed E-state index contributed by atoms with van der Waals surface area (Å²) in [5, 5.41) is 16.0. The van der Waals surface area contributed by atoms with Gasteiger partial charge in [0.25, 0.3) is 0 Å². The Morgan fingerprint density at radius 3 is 1.85 bits per heavy atom. The summed E-state index contributed by atoms with van der Waals surface area (Å²) >= 11 is 2.65. The number of nitrogens with two attached hydrogens (primary N) is 2. The van der Waals surface area contributed by atoms with Gasteiger partial charge in [0.1, 0.15) is 0 Å². The third-order valence-corrected chi connectivity index (χ3v) is 2.90. The van der Waals surface area contributed by atoms with Crippen molar-refractivity contribution in [1.29, 1.82) is 0 Å². The highest BCUT2D eigenvalue weighted by atomic mass is 32.2. The van der Waals surface area contributed by atoms with E-state index in [1.807, 2.05) is 18.6 Å². The van der Waals surface area contributed by atoms with E-state index in [0.717, 1.165) is 0 Å². The van der Waals surface area contributed by atoms with Crippen molar-refractivity contribution in [2.75, 3.05) is 12.5 Å². The van der Waals surface area contributed by atoms with Gasteiger partial charge in [0.05, 0.1) is 23.8 Å². The Morgan fingerprint density at radius 1 is 1.00 bits per heavy atom. The zero-order chi connectivity index (χ0) is 14.8. The van der Waals surface area contributed by atoms with Crippen molar-refractivity contribution in [2.24, 2.45) is 31.9 Å². The van der Waals surface area contributed by atoms with Gasteiger partial charge in [-0.2, -0.15) is 10.2 Å². The van der Waals surface area contributed by atoms with Crippen molar-refractivity contribution in [2.45, 2.75) is 0 Å². The quantitative estimate of drug-likeness (QED) is 0.491. The Labute approximate surface area is 125 Å². The van der Waals surface area contributed by atoms with E-state index in [1.165, 1.54) is 36.0 Å². The number of aromatic nitrogens is 1. The highest BCUT2D eigenvalue weighted by Gasteiger charge is 1.93. The van der Waals surface area contributed by atoms with Crippen LogP contribution in [0.5, 0.6) is 0 Å². The molecule has 0 spiro atoms. The molecule has 1 rings (SSSR count). The van der Waals surface area contributed by atoms with E-state index in [1.54, 1.807) is 12.1 Å². The van der Waals surface area contributed by atoms with Crippen LogP contribution in [0.15, 0.2) is 38.6 Å². The Balaban J connectivity index is 2.76. The fourth-order valence-corrected chi connectivity index (χ4v) is 1.24. The molecule has 0 radical (unpaired) electrons. The number of amidine groups is 2. The van der Waals surface area contributed by atoms with Gasteiger partial charge < -0.3 is 11.5 Å². The van der Waals surface area contributed by atoms with Crippen LogP contribution in [-0.4, -0.2) is 40.3 Å². The minimum atomic E-state index is 0.390. The molecule has 0 saturated heterocycles. The van der Waals surface area contributed by atoms with Gasteiger partial charge in [0, 0.05) is 0 Å². The standard InChI is InChI=1S/C11H15N7S2/c1-19-10(12)17-14-6-8-4-3-5-9(16-8)7-15-18-11(13)20-2/h3-7H,1-2H3,(H2,12,17)(H2,13,18). The number of thioether (sulfide) groups is 2. The molecule has 0 aliphatic heterocycles. The molecular weight excluding hydrogens is 294 g/mol. The Kier molecular flexibility index (Phi) is 7.36. The lowest BCUT2D eigenvalue weighted by Crippen LogP contribution is -2.04. The third kappa shape index (κ3) is 6.34. The summed E-state index contributed by atoms with van der Waals surface area (Å²) in [5.41, 5.74) is 12.3. The summed E-state index contributed by atoms with van der Waals surface area (Å²) in [6.07, 6.45) is 6.68. The van der Waals surface area contributed by atoms with Crippen LogP contribution in [0.4, 0.5) is 0 Å². The van der Waals surface area contributed by atoms with Gasteiger partial charge in [-0.15, -0.1) is 10.2 Å². The van der Waals surface area contributed by atoms with E-state index >= 15 is 0 Å². The second-order valence-corrected chi connectivity index (χ2v) is 4.91. The van der Waals surface area contributed by atoms with E-state index in [9.17, 15) is 0 Å². The molecule has 0 aliphatic rings. The van der Waals surface area contributed by atoms with Crippen molar-refractivity contribution in [3.8, 4) is 0 Å². The van der Waals surface area contributed by atoms with Gasteiger partial charge in [0.15, 0.2) is 10.3 Å². The SMILES string of the molecule is CS/C(N)=N\N=Cc1cccc(C=N/N=C(/N)SC)n1. The van der Waals surface area contributed by atoms with Gasteiger partial charge in [-0.1, -0.05) is 29.6 Å². The summed E-state index contributed by atoms with van der Waals surface area (Å²) in [5.74, 6) is 0. The fourth-order valence-electron chi connectivity index (χ4n) is 0.984. The van der Waals surface area contributed by atoms with Crippen molar-refractivity contribution in [3.05, 3.63) is 29.6 Å². The molecule has 0 fully saturated rings. The zero-order valence-electron chi connectivity index (χ0n) is 11.1. The van der Waals surface area contributed by atoms with Crippen LogP contribution in [0.25, 0.3) is 0 Å². The molecule has 0 aliphatic carbocycles. The lowest BCUT2D eigenvalue weighted by Gasteiger charge is -1.94. The smallest absolute Gasteiger partial charge is 0.180 e. The zero-order valence-corrected chi connectivity index (χ0v) is 12.7. The summed E-state index contributed by atoms with van der Waals surface area (Å²) in [4.78, 5) is 4.29. The molecule has 0 unspecified atom stereocenters. The minimum Gasteiger partial charge on any atom is -0.377 e. The van der Waals surface area contributed by atoms with Gasteiger partial charge in [-0.25, -0.2) is 4.98 Å². The monoisotopic (exact) mass is 309 g/mol. The van der Waals surface area contributed by atoms with Crippen LogP contribution in [0, 0.1) is 0 Å². The summed E-state index contributed by atoms with van der Waals surface area (Å²) in [7, 11) is 0. The van der Waals surface area contributed by atoms with Crippen LogP contribution in [0.2, 0.25) is 0 Å². The van der Waals surface area contributed by atoms with Crippen LogP contribution in [0.3, 0.4) is 0 Å². The van der Waals surface area contributed by atoms with E-state index in [2.05, 4.69) is 25.4 Å². The number of hydrogen-bond acceptors (Lipinski definition) is 7. The van der Waals surface area contributed by atoms with Crippen LogP contribution in [0.1, 0.15) is 11.4 Å². The lowest BCUT2D eigenvalue weighted by molar-refractivity contribution is 1.20. The second kappa shape index (κ2) is 9.10. The molecule has 1 aromatic rings. The van der Waals surface area contributed by atoms with Gasteiger partial charge >= 0.3 is 0 Å². The average molecular weight is 309 g/mol. The van der Waals surface area contributed by atoms with Gasteiger partial charge in [-0.3, -0.25) is 0 Å². The number of rotatable bonds is 4. The average Bonchev–Trinajstić information content (AvgIpc) is 2.47. The molecule has 7 nitrogen and oxygen atoms in total. The molecule has 0 amide bonds. The molecule has 9 heteroatoms. The molecule has 0 atom stereocenters. The molecular formula is C11H15N7S2. The van der Waals surface area contributed by atoms with E-state index in [0.29, 0.717) is 21.7 Å². The molecule has 0 saturated carbocycles. The van der Waals surface area contributed by atoms with Gasteiger partial charge in [0.2, 0.25) is 0 Å². The summed E-state index contributed by atoms with van der Waals surface area (Å²) < 4.78 is 0. The van der Waals surface area contributed by atoms with Crippen LogP contribution >= 0.6 is 23.5 Å². The summed E-state index contributed by atoms with van der Waals surface area (Å²) in [6, 6.07) is 5.43. The van der Waals surface area contributed by atoms with Crippen molar-refractivity contribution < 1.29 is 0 Å². The largest absolute Gasteiger partial charge is 0.377 e. The lowest BCUT2D eigenvalue weighted by atomic mass is 10.3. The first kappa shape index (κ1) is 16.2. The van der Waals surface area contributed by atoms with Crippen molar-refractivity contribution in [3.63, 3.8) is 0 Å². The number of hydrogen-bond donors (Lipinski definition) is 2.